The van der Waals surface area contributed by atoms with E-state index in [4.69, 9.17) is 9.47 Å². The molecule has 4 atom stereocenters. The highest BCUT2D eigenvalue weighted by molar-refractivity contribution is 8.15. The quantitative estimate of drug-likeness (QED) is 0.112. The van der Waals surface area contributed by atoms with E-state index >= 15 is 0 Å². The Bertz CT molecular complexity index is 1690. The van der Waals surface area contributed by atoms with Crippen molar-refractivity contribution in [1.82, 2.24) is 20.6 Å². The SMILES string of the molecule is CC.CCc1ccc(C(O)COc2ccc(CC3SC(=O)NC3=O)cc2)nc1.CCc1ccc(C(O)COc2ccc(CC3SC(=O)NC3=O)cc2)nc1. The predicted octanol–water partition coefficient (Wildman–Crippen LogP) is 6.33. The second-order valence-electron chi connectivity index (χ2n) is 12.0. The van der Waals surface area contributed by atoms with Crippen molar-refractivity contribution in [2.45, 2.75) is 76.1 Å². The van der Waals surface area contributed by atoms with Gasteiger partial charge in [0.1, 0.15) is 36.9 Å². The minimum Gasteiger partial charge on any atom is -0.490 e. The number of pyridine rings is 2. The fourth-order valence-electron chi connectivity index (χ4n) is 5.13. The van der Waals surface area contributed by atoms with Gasteiger partial charge in [-0.15, -0.1) is 0 Å². The monoisotopic (exact) mass is 774 g/mol. The number of aliphatic hydroxyl groups is 2. The molecule has 0 aliphatic carbocycles. The van der Waals surface area contributed by atoms with E-state index in [0.29, 0.717) is 35.7 Å². The first-order valence-electron chi connectivity index (χ1n) is 17.8. The Hall–Kier alpha value is -4.76. The highest BCUT2D eigenvalue weighted by atomic mass is 32.2. The molecule has 0 bridgehead atoms. The van der Waals surface area contributed by atoms with Gasteiger partial charge in [0.15, 0.2) is 0 Å². The van der Waals surface area contributed by atoms with Gasteiger partial charge >= 0.3 is 0 Å². The van der Waals surface area contributed by atoms with Gasteiger partial charge in [-0.05, 0) is 84.3 Å². The molecule has 54 heavy (non-hydrogen) atoms. The van der Waals surface area contributed by atoms with E-state index in [2.05, 4.69) is 34.4 Å². The number of ether oxygens (including phenoxy) is 2. The maximum absolute atomic E-state index is 11.6. The van der Waals surface area contributed by atoms with Crippen LogP contribution in [-0.4, -0.2) is 66.2 Å². The van der Waals surface area contributed by atoms with Gasteiger partial charge in [-0.3, -0.25) is 39.8 Å². The average Bonchev–Trinajstić information content (AvgIpc) is 3.70. The summed E-state index contributed by atoms with van der Waals surface area (Å²) in [6, 6.07) is 22.1. The third-order valence-electron chi connectivity index (χ3n) is 8.23. The molecule has 14 heteroatoms. The van der Waals surface area contributed by atoms with Crippen LogP contribution in [0.1, 0.15) is 73.5 Å². The van der Waals surface area contributed by atoms with Gasteiger partial charge in [0.05, 0.1) is 21.9 Å². The molecule has 0 spiro atoms. The molecule has 2 fully saturated rings. The summed E-state index contributed by atoms with van der Waals surface area (Å²) in [4.78, 5) is 54.1. The molecule has 0 radical (unpaired) electrons. The van der Waals surface area contributed by atoms with Crippen LogP contribution in [0.4, 0.5) is 9.59 Å². The van der Waals surface area contributed by atoms with Crippen LogP contribution in [0.5, 0.6) is 11.5 Å². The van der Waals surface area contributed by atoms with Gasteiger partial charge < -0.3 is 19.7 Å². The second-order valence-corrected chi connectivity index (χ2v) is 14.4. The van der Waals surface area contributed by atoms with Crippen LogP contribution < -0.4 is 20.1 Å². The second kappa shape index (κ2) is 21.2. The number of benzene rings is 2. The molecule has 2 aliphatic rings. The number of rotatable bonds is 14. The van der Waals surface area contributed by atoms with Crippen molar-refractivity contribution in [3.63, 3.8) is 0 Å². The highest BCUT2D eigenvalue weighted by Crippen LogP contribution is 2.26. The lowest BCUT2D eigenvalue weighted by Gasteiger charge is -2.13. The van der Waals surface area contributed by atoms with Gasteiger partial charge in [-0.2, -0.15) is 0 Å². The normalized spacial score (nSPS) is 17.3. The number of aliphatic hydroxyl groups excluding tert-OH is 2. The maximum Gasteiger partial charge on any atom is 0.286 e. The average molecular weight is 775 g/mol. The number of hydrogen-bond donors (Lipinski definition) is 4. The standard InChI is InChI=1S/2C19H20N2O4S.C2H6/c2*1-2-12-5-8-15(20-10-12)16(22)11-25-14-6-3-13(4-7-14)9-17-18(23)21-19(24)26-17;1-2/h2*3-8,10,16-17,22H,2,9,11H2,1H3,(H,21,23,24);1-2H3. The molecule has 4 heterocycles. The van der Waals surface area contributed by atoms with Crippen LogP contribution in [-0.2, 0) is 35.3 Å². The lowest BCUT2D eigenvalue weighted by atomic mass is 10.1. The smallest absolute Gasteiger partial charge is 0.286 e. The lowest BCUT2D eigenvalue weighted by Crippen LogP contribution is -2.25. The fraction of sp³-hybridized carbons (Fsp3) is 0.350. The van der Waals surface area contributed by atoms with E-state index in [9.17, 15) is 29.4 Å². The summed E-state index contributed by atoms with van der Waals surface area (Å²) in [5.74, 6) is 0.755. The van der Waals surface area contributed by atoms with Crippen molar-refractivity contribution in [1.29, 1.82) is 0 Å². The van der Waals surface area contributed by atoms with Crippen LogP contribution in [0.15, 0.2) is 85.2 Å². The summed E-state index contributed by atoms with van der Waals surface area (Å²) < 4.78 is 11.2. The highest BCUT2D eigenvalue weighted by Gasteiger charge is 2.32. The molecule has 2 saturated heterocycles. The molecule has 2 aromatic heterocycles. The van der Waals surface area contributed by atoms with Gasteiger partial charge in [-0.25, -0.2) is 0 Å². The largest absolute Gasteiger partial charge is 0.490 e. The van der Waals surface area contributed by atoms with Gasteiger partial charge in [0.2, 0.25) is 11.8 Å². The number of aromatic nitrogens is 2. The topological polar surface area (TPSA) is 177 Å². The third-order valence-corrected chi connectivity index (χ3v) is 10.2. The van der Waals surface area contributed by atoms with Crippen molar-refractivity contribution < 1.29 is 38.9 Å². The number of thioether (sulfide) groups is 2. The first-order valence-corrected chi connectivity index (χ1v) is 19.6. The van der Waals surface area contributed by atoms with Crippen LogP contribution in [0, 0.1) is 0 Å². The van der Waals surface area contributed by atoms with Crippen molar-refractivity contribution >= 4 is 45.8 Å². The Morgan fingerprint density at radius 3 is 1.22 bits per heavy atom. The maximum atomic E-state index is 11.6. The van der Waals surface area contributed by atoms with Crippen LogP contribution in [0.3, 0.4) is 0 Å². The van der Waals surface area contributed by atoms with Gasteiger partial charge in [0, 0.05) is 12.4 Å². The Kier molecular flexibility index (Phi) is 16.5. The Morgan fingerprint density at radius 1 is 0.593 bits per heavy atom. The summed E-state index contributed by atoms with van der Waals surface area (Å²) in [7, 11) is 0. The van der Waals surface area contributed by atoms with Crippen molar-refractivity contribution in [2.75, 3.05) is 13.2 Å². The lowest BCUT2D eigenvalue weighted by molar-refractivity contribution is -0.119. The molecule has 12 nitrogen and oxygen atoms in total. The molecule has 4 amide bonds. The number of nitrogens with zero attached hydrogens (tertiary/aromatic N) is 2. The van der Waals surface area contributed by atoms with E-state index < -0.39 is 12.2 Å². The van der Waals surface area contributed by atoms with Crippen LogP contribution >= 0.6 is 23.5 Å². The molecule has 286 valence electrons. The summed E-state index contributed by atoms with van der Waals surface area (Å²) in [6.07, 6.45) is 4.70. The Balaban J connectivity index is 0.000000230. The van der Waals surface area contributed by atoms with Gasteiger partial charge in [-0.1, -0.05) is 87.6 Å². The molecule has 4 aromatic rings. The first kappa shape index (κ1) is 42.0. The number of carbonyl (C=O) groups is 4. The number of aryl methyl sites for hydroxylation is 2. The minimum atomic E-state index is -0.801. The van der Waals surface area contributed by atoms with Crippen molar-refractivity contribution in [3.05, 3.63) is 119 Å². The molecule has 2 aliphatic heterocycles. The predicted molar refractivity (Wildman–Crippen MR) is 210 cm³/mol. The zero-order chi connectivity index (χ0) is 39.0. The number of hydrogen-bond acceptors (Lipinski definition) is 12. The molecule has 2 aromatic carbocycles. The van der Waals surface area contributed by atoms with E-state index in [1.54, 1.807) is 36.7 Å². The number of imide groups is 2. The molecular formula is C40H46N4O8S2. The Labute approximate surface area is 323 Å². The summed E-state index contributed by atoms with van der Waals surface area (Å²) in [5, 5.41) is 23.6. The minimum absolute atomic E-state index is 0.104. The third kappa shape index (κ3) is 12.7. The molecule has 4 unspecified atom stereocenters. The molecule has 0 saturated carbocycles. The van der Waals surface area contributed by atoms with E-state index in [1.807, 2.05) is 62.4 Å². The number of nitrogens with one attached hydrogen (secondary N) is 2. The Morgan fingerprint density at radius 2 is 0.944 bits per heavy atom. The zero-order valence-corrected chi connectivity index (χ0v) is 32.3. The summed E-state index contributed by atoms with van der Waals surface area (Å²) in [6.45, 7) is 8.31. The first-order chi connectivity index (χ1) is 26.1. The number of carbonyl (C=O) groups excluding carboxylic acids is 4. The van der Waals surface area contributed by atoms with E-state index in [-0.39, 0.29) is 46.0 Å². The van der Waals surface area contributed by atoms with E-state index in [0.717, 1.165) is 58.6 Å². The molecular weight excluding hydrogens is 729 g/mol. The zero-order valence-electron chi connectivity index (χ0n) is 30.7. The van der Waals surface area contributed by atoms with E-state index in [1.165, 1.54) is 0 Å². The number of amides is 4. The van der Waals surface area contributed by atoms with Crippen LogP contribution in [0.25, 0.3) is 0 Å². The fourth-order valence-corrected chi connectivity index (χ4v) is 6.85. The van der Waals surface area contributed by atoms with Gasteiger partial charge in [0.25, 0.3) is 10.5 Å². The molecule has 4 N–H and O–H groups in total. The molecule has 6 rings (SSSR count). The van der Waals surface area contributed by atoms with Crippen molar-refractivity contribution in [2.24, 2.45) is 0 Å². The summed E-state index contributed by atoms with van der Waals surface area (Å²) in [5.41, 5.74) is 5.27. The van der Waals surface area contributed by atoms with Crippen molar-refractivity contribution in [3.8, 4) is 11.5 Å². The summed E-state index contributed by atoms with van der Waals surface area (Å²) >= 11 is 2.03. The van der Waals surface area contributed by atoms with Crippen LogP contribution in [0.2, 0.25) is 0 Å².